The van der Waals surface area contributed by atoms with E-state index in [-0.39, 0.29) is 37.6 Å². The molecular formula is C21H23F3N6OS. The van der Waals surface area contributed by atoms with Crippen LogP contribution in [0.5, 0.6) is 0 Å². The molecule has 0 unspecified atom stereocenters. The van der Waals surface area contributed by atoms with Gasteiger partial charge in [-0.15, -0.1) is 0 Å². The quantitative estimate of drug-likeness (QED) is 0.604. The Bertz CT molecular complexity index is 1150. The molecule has 0 fully saturated rings. The van der Waals surface area contributed by atoms with Crippen molar-refractivity contribution in [2.24, 2.45) is 0 Å². The number of likely N-dealkylation sites (N-methyl/N-ethyl adjacent to an activating group) is 1. The van der Waals surface area contributed by atoms with E-state index in [1.807, 2.05) is 31.9 Å². The van der Waals surface area contributed by atoms with E-state index < -0.39 is 17.5 Å². The number of benzene rings is 1. The van der Waals surface area contributed by atoms with Crippen molar-refractivity contribution < 1.29 is 18.0 Å². The second-order valence-electron chi connectivity index (χ2n) is 7.51. The number of hydrogen-bond acceptors (Lipinski definition) is 5. The standard InChI is InChI=1S/C21H21F3N6O.H2S/c1-11-20-18(29(3)12(2)21(31)28-20)6-19(27-11)25-7-13-8-26-30(9-13)10-15-16(23)4-14(22)5-17(15)24;/h4-6,8-9,12H,7,10H2,1-3H3,(H,25,27)(H,28,31);1H2/t12-;/m0./s1. The van der Waals surface area contributed by atoms with E-state index >= 15 is 0 Å². The lowest BCUT2D eigenvalue weighted by molar-refractivity contribution is -0.117. The number of aromatic nitrogens is 3. The normalized spacial score (nSPS) is 15.1. The summed E-state index contributed by atoms with van der Waals surface area (Å²) in [4.78, 5) is 18.4. The Morgan fingerprint density at radius 1 is 1.19 bits per heavy atom. The lowest BCUT2D eigenvalue weighted by Gasteiger charge is -2.34. The maximum atomic E-state index is 13.9. The van der Waals surface area contributed by atoms with E-state index in [1.165, 1.54) is 4.68 Å². The third-order valence-corrected chi connectivity index (χ3v) is 5.35. The fraction of sp³-hybridized carbons (Fsp3) is 0.286. The summed E-state index contributed by atoms with van der Waals surface area (Å²) in [6, 6.07) is 2.85. The number of anilines is 3. The number of carbonyl (C=O) groups is 1. The zero-order valence-corrected chi connectivity index (χ0v) is 18.7. The molecule has 1 amide bonds. The maximum absolute atomic E-state index is 13.9. The summed E-state index contributed by atoms with van der Waals surface area (Å²) in [5.41, 5.74) is 2.75. The van der Waals surface area contributed by atoms with Crippen LogP contribution in [-0.2, 0) is 17.9 Å². The Kier molecular flexibility index (Phi) is 6.68. The molecule has 0 saturated carbocycles. The molecule has 7 nitrogen and oxygen atoms in total. The molecule has 4 rings (SSSR count). The van der Waals surface area contributed by atoms with Crippen molar-refractivity contribution in [2.75, 3.05) is 22.6 Å². The SMILES string of the molecule is Cc1nc(NCc2cnn(Cc3c(F)cc(F)cc3F)c2)cc2c1NC(=O)[C@H](C)N2C.S. The van der Waals surface area contributed by atoms with Crippen LogP contribution in [0.1, 0.15) is 23.7 Å². The molecule has 32 heavy (non-hydrogen) atoms. The highest BCUT2D eigenvalue weighted by atomic mass is 32.1. The van der Waals surface area contributed by atoms with Gasteiger partial charge in [-0.2, -0.15) is 18.6 Å². The van der Waals surface area contributed by atoms with Crippen molar-refractivity contribution in [3.05, 3.63) is 64.9 Å². The number of rotatable bonds is 5. The lowest BCUT2D eigenvalue weighted by atomic mass is 10.1. The van der Waals surface area contributed by atoms with Crippen LogP contribution < -0.4 is 15.5 Å². The van der Waals surface area contributed by atoms with Gasteiger partial charge in [0.05, 0.1) is 29.8 Å². The Labute approximate surface area is 190 Å². The number of carbonyl (C=O) groups excluding carboxylic acids is 1. The van der Waals surface area contributed by atoms with Gasteiger partial charge in [0.1, 0.15) is 29.3 Å². The monoisotopic (exact) mass is 464 g/mol. The second-order valence-corrected chi connectivity index (χ2v) is 7.51. The lowest BCUT2D eigenvalue weighted by Crippen LogP contribution is -2.44. The average Bonchev–Trinajstić information content (AvgIpc) is 3.16. The molecule has 0 bridgehead atoms. The Balaban J connectivity index is 0.00000289. The highest BCUT2D eigenvalue weighted by Gasteiger charge is 2.28. The molecular weight excluding hydrogens is 441 g/mol. The zero-order chi connectivity index (χ0) is 22.3. The third kappa shape index (κ3) is 4.52. The summed E-state index contributed by atoms with van der Waals surface area (Å²) in [6.07, 6.45) is 3.22. The molecule has 3 aromatic rings. The predicted octanol–water partition coefficient (Wildman–Crippen LogP) is 3.55. The van der Waals surface area contributed by atoms with Gasteiger partial charge in [0.15, 0.2) is 0 Å². The van der Waals surface area contributed by atoms with Crippen molar-refractivity contribution in [3.63, 3.8) is 0 Å². The molecule has 2 aromatic heterocycles. The van der Waals surface area contributed by atoms with Gasteiger partial charge in [-0.05, 0) is 13.8 Å². The molecule has 1 aliphatic rings. The minimum Gasteiger partial charge on any atom is -0.366 e. The van der Waals surface area contributed by atoms with E-state index in [9.17, 15) is 18.0 Å². The zero-order valence-electron chi connectivity index (χ0n) is 17.7. The number of fused-ring (bicyclic) bond motifs is 1. The number of hydrogen-bond donors (Lipinski definition) is 2. The van der Waals surface area contributed by atoms with Gasteiger partial charge in [0.25, 0.3) is 0 Å². The van der Waals surface area contributed by atoms with Gasteiger partial charge < -0.3 is 15.5 Å². The van der Waals surface area contributed by atoms with Gasteiger partial charge in [-0.3, -0.25) is 9.48 Å². The summed E-state index contributed by atoms with van der Waals surface area (Å²) in [6.45, 7) is 3.86. The molecule has 170 valence electrons. The third-order valence-electron chi connectivity index (χ3n) is 5.35. The van der Waals surface area contributed by atoms with Gasteiger partial charge in [-0.1, -0.05) is 0 Å². The minimum atomic E-state index is -0.962. The molecule has 1 aromatic carbocycles. The van der Waals surface area contributed by atoms with Crippen LogP contribution in [-0.4, -0.2) is 33.8 Å². The summed E-state index contributed by atoms with van der Waals surface area (Å²) < 4.78 is 42.2. The van der Waals surface area contributed by atoms with Crippen molar-refractivity contribution >= 4 is 36.6 Å². The van der Waals surface area contributed by atoms with Crippen molar-refractivity contribution in [3.8, 4) is 0 Å². The fourth-order valence-electron chi connectivity index (χ4n) is 3.45. The molecule has 11 heteroatoms. The fourth-order valence-corrected chi connectivity index (χ4v) is 3.45. The van der Waals surface area contributed by atoms with Crippen LogP contribution in [0.15, 0.2) is 30.6 Å². The first kappa shape index (κ1) is 23.5. The van der Waals surface area contributed by atoms with Crippen LogP contribution in [0.25, 0.3) is 0 Å². The highest BCUT2D eigenvalue weighted by Crippen LogP contribution is 2.34. The van der Waals surface area contributed by atoms with E-state index in [2.05, 4.69) is 20.7 Å². The predicted molar refractivity (Wildman–Crippen MR) is 121 cm³/mol. The first-order valence-corrected chi connectivity index (χ1v) is 9.67. The first-order valence-electron chi connectivity index (χ1n) is 9.67. The Morgan fingerprint density at radius 3 is 2.56 bits per heavy atom. The molecule has 0 saturated heterocycles. The van der Waals surface area contributed by atoms with Crippen molar-refractivity contribution in [2.45, 2.75) is 33.0 Å². The van der Waals surface area contributed by atoms with Crippen molar-refractivity contribution in [1.82, 2.24) is 14.8 Å². The molecule has 1 aliphatic heterocycles. The van der Waals surface area contributed by atoms with E-state index in [0.717, 1.165) is 11.3 Å². The van der Waals surface area contributed by atoms with E-state index in [1.54, 1.807) is 12.4 Å². The number of halogens is 3. The minimum absolute atomic E-state index is 0. The summed E-state index contributed by atoms with van der Waals surface area (Å²) in [5.74, 6) is -2.33. The molecule has 0 radical (unpaired) electrons. The smallest absolute Gasteiger partial charge is 0.246 e. The molecule has 0 aliphatic carbocycles. The van der Waals surface area contributed by atoms with Crippen LogP contribution in [0.4, 0.5) is 30.4 Å². The van der Waals surface area contributed by atoms with Gasteiger partial charge in [-0.25, -0.2) is 18.2 Å². The summed E-state index contributed by atoms with van der Waals surface area (Å²) >= 11 is 0. The van der Waals surface area contributed by atoms with Crippen LogP contribution in [0.3, 0.4) is 0 Å². The van der Waals surface area contributed by atoms with E-state index in [4.69, 9.17) is 0 Å². The Morgan fingerprint density at radius 2 is 1.88 bits per heavy atom. The number of nitrogens with zero attached hydrogens (tertiary/aromatic N) is 4. The maximum Gasteiger partial charge on any atom is 0.246 e. The Hall–Kier alpha value is -3.21. The second kappa shape index (κ2) is 9.11. The largest absolute Gasteiger partial charge is 0.366 e. The van der Waals surface area contributed by atoms with Gasteiger partial charge >= 0.3 is 0 Å². The van der Waals surface area contributed by atoms with Gasteiger partial charge in [0.2, 0.25) is 5.91 Å². The highest BCUT2D eigenvalue weighted by molar-refractivity contribution is 7.59. The van der Waals surface area contributed by atoms with E-state index in [0.29, 0.717) is 35.9 Å². The molecule has 3 heterocycles. The summed E-state index contributed by atoms with van der Waals surface area (Å²) in [5, 5.41) is 10.2. The molecule has 0 spiro atoms. The molecule has 1 atom stereocenters. The van der Waals surface area contributed by atoms with Crippen LogP contribution in [0, 0.1) is 24.4 Å². The average molecular weight is 465 g/mol. The number of aryl methyl sites for hydroxylation is 1. The molecule has 2 N–H and O–H groups in total. The van der Waals surface area contributed by atoms with Crippen LogP contribution >= 0.6 is 13.5 Å². The van der Waals surface area contributed by atoms with Crippen LogP contribution in [0.2, 0.25) is 0 Å². The van der Waals surface area contributed by atoms with Crippen molar-refractivity contribution in [1.29, 1.82) is 0 Å². The number of pyridine rings is 1. The number of nitrogens with one attached hydrogen (secondary N) is 2. The first-order chi connectivity index (χ1) is 14.7. The summed E-state index contributed by atoms with van der Waals surface area (Å²) in [7, 11) is 1.85. The topological polar surface area (TPSA) is 75.1 Å². The van der Waals surface area contributed by atoms with Gasteiger partial charge in [0, 0.05) is 49.1 Å². The number of amides is 1.